The summed E-state index contributed by atoms with van der Waals surface area (Å²) in [6, 6.07) is 8.09. The maximum Gasteiger partial charge on any atom is 0.335 e. The number of amidine groups is 1. The molecule has 0 unspecified atom stereocenters. The van der Waals surface area contributed by atoms with E-state index in [0.29, 0.717) is 10.9 Å². The molecule has 0 bridgehead atoms. The molecule has 0 atom stereocenters. The van der Waals surface area contributed by atoms with E-state index in [1.54, 1.807) is 6.92 Å². The Kier molecular flexibility index (Phi) is 6.25. The molecule has 2 aromatic carbocycles. The molecule has 1 aliphatic rings. The van der Waals surface area contributed by atoms with E-state index in [1.807, 2.05) is 0 Å². The standard InChI is InChI=1S/C20H17N3O7S/c1-3-30-15-10-14(23(28)29)8-12(17(15)24)9-16-18(25)22(2)20(31-16)21-13-6-4-11(5-7-13)19(26)27/h4-10,24H,3H2,1-2H3,(H,26,27)/b16-9-,21-20?. The third kappa shape index (κ3) is 4.67. The number of amides is 1. The average molecular weight is 443 g/mol. The summed E-state index contributed by atoms with van der Waals surface area (Å²) < 4.78 is 5.26. The molecule has 10 nitrogen and oxygen atoms in total. The number of hydrogen-bond acceptors (Lipinski definition) is 8. The largest absolute Gasteiger partial charge is 0.504 e. The van der Waals surface area contributed by atoms with Crippen molar-refractivity contribution in [3.63, 3.8) is 0 Å². The molecular formula is C20H17N3O7S. The summed E-state index contributed by atoms with van der Waals surface area (Å²) >= 11 is 1.02. The monoisotopic (exact) mass is 443 g/mol. The van der Waals surface area contributed by atoms with Gasteiger partial charge < -0.3 is 14.9 Å². The second kappa shape index (κ2) is 8.88. The lowest BCUT2D eigenvalue weighted by Crippen LogP contribution is -2.23. The van der Waals surface area contributed by atoms with Gasteiger partial charge in [-0.05, 0) is 49.0 Å². The van der Waals surface area contributed by atoms with Crippen LogP contribution in [0.5, 0.6) is 11.5 Å². The Bertz CT molecular complexity index is 1130. The van der Waals surface area contributed by atoms with Crippen molar-refractivity contribution in [2.24, 2.45) is 4.99 Å². The molecular weight excluding hydrogens is 426 g/mol. The molecule has 0 spiro atoms. The van der Waals surface area contributed by atoms with E-state index in [1.165, 1.54) is 42.3 Å². The molecule has 11 heteroatoms. The maximum absolute atomic E-state index is 12.6. The number of benzene rings is 2. The number of aromatic carboxylic acids is 1. The lowest BCUT2D eigenvalue weighted by Gasteiger charge is -2.08. The fourth-order valence-electron chi connectivity index (χ4n) is 2.68. The number of carboxylic acid groups (broad SMARTS) is 1. The summed E-state index contributed by atoms with van der Waals surface area (Å²) in [5, 5.41) is 30.9. The fraction of sp³-hybridized carbons (Fsp3) is 0.150. The molecule has 2 aromatic rings. The molecule has 31 heavy (non-hydrogen) atoms. The lowest BCUT2D eigenvalue weighted by atomic mass is 10.1. The number of hydrogen-bond donors (Lipinski definition) is 2. The zero-order valence-electron chi connectivity index (χ0n) is 16.4. The van der Waals surface area contributed by atoms with Crippen LogP contribution >= 0.6 is 11.8 Å². The van der Waals surface area contributed by atoms with Crippen molar-refractivity contribution in [2.45, 2.75) is 6.92 Å². The van der Waals surface area contributed by atoms with E-state index >= 15 is 0 Å². The van der Waals surface area contributed by atoms with E-state index in [0.717, 1.165) is 23.9 Å². The van der Waals surface area contributed by atoms with Crippen molar-refractivity contribution in [2.75, 3.05) is 13.7 Å². The number of thioether (sulfide) groups is 1. The first kappa shape index (κ1) is 21.8. The molecule has 1 aliphatic heterocycles. The van der Waals surface area contributed by atoms with Crippen LogP contribution in [0.2, 0.25) is 0 Å². The molecule has 0 aromatic heterocycles. The molecule has 160 valence electrons. The van der Waals surface area contributed by atoms with Gasteiger partial charge in [-0.2, -0.15) is 0 Å². The highest BCUT2D eigenvalue weighted by Gasteiger charge is 2.31. The van der Waals surface area contributed by atoms with Gasteiger partial charge in [0.15, 0.2) is 16.7 Å². The molecule has 1 fully saturated rings. The third-order valence-electron chi connectivity index (χ3n) is 4.23. The summed E-state index contributed by atoms with van der Waals surface area (Å²) in [6.07, 6.45) is 1.34. The number of carboxylic acids is 1. The highest BCUT2D eigenvalue weighted by atomic mass is 32.2. The number of nitrogens with zero attached hydrogens (tertiary/aromatic N) is 3. The second-order valence-electron chi connectivity index (χ2n) is 6.29. The van der Waals surface area contributed by atoms with Crippen molar-refractivity contribution in [1.82, 2.24) is 4.90 Å². The van der Waals surface area contributed by atoms with Gasteiger partial charge in [0, 0.05) is 18.7 Å². The molecule has 0 saturated carbocycles. The van der Waals surface area contributed by atoms with Crippen LogP contribution in [0.1, 0.15) is 22.8 Å². The van der Waals surface area contributed by atoms with E-state index in [9.17, 15) is 24.8 Å². The van der Waals surface area contributed by atoms with Crippen molar-refractivity contribution in [3.05, 3.63) is 62.5 Å². The maximum atomic E-state index is 12.6. The van der Waals surface area contributed by atoms with Crippen LogP contribution in [0.4, 0.5) is 11.4 Å². The first-order valence-corrected chi connectivity index (χ1v) is 9.76. The van der Waals surface area contributed by atoms with Crippen LogP contribution in [0.3, 0.4) is 0 Å². The Hall–Kier alpha value is -3.86. The molecule has 1 heterocycles. The van der Waals surface area contributed by atoms with Gasteiger partial charge in [-0.25, -0.2) is 9.79 Å². The first-order chi connectivity index (χ1) is 14.7. The van der Waals surface area contributed by atoms with Gasteiger partial charge in [0.1, 0.15) is 0 Å². The third-order valence-corrected chi connectivity index (χ3v) is 5.29. The first-order valence-electron chi connectivity index (χ1n) is 8.95. The molecule has 0 aliphatic carbocycles. The minimum absolute atomic E-state index is 0.0558. The lowest BCUT2D eigenvalue weighted by molar-refractivity contribution is -0.385. The molecule has 0 radical (unpaired) electrons. The van der Waals surface area contributed by atoms with Gasteiger partial charge >= 0.3 is 5.97 Å². The predicted octanol–water partition coefficient (Wildman–Crippen LogP) is 3.63. The second-order valence-corrected chi connectivity index (χ2v) is 7.30. The van der Waals surface area contributed by atoms with Crippen molar-refractivity contribution in [3.8, 4) is 11.5 Å². The van der Waals surface area contributed by atoms with Gasteiger partial charge in [0.05, 0.1) is 33.8 Å². The number of ether oxygens (including phenoxy) is 1. The Balaban J connectivity index is 1.96. The summed E-state index contributed by atoms with van der Waals surface area (Å²) in [5.74, 6) is -1.84. The van der Waals surface area contributed by atoms with Crippen LogP contribution in [-0.2, 0) is 4.79 Å². The van der Waals surface area contributed by atoms with Crippen LogP contribution in [0.15, 0.2) is 46.3 Å². The zero-order chi connectivity index (χ0) is 22.7. The number of nitro groups is 1. The highest BCUT2D eigenvalue weighted by molar-refractivity contribution is 8.18. The van der Waals surface area contributed by atoms with E-state index < -0.39 is 16.8 Å². The number of carbonyl (C=O) groups excluding carboxylic acids is 1. The van der Waals surface area contributed by atoms with E-state index in [4.69, 9.17) is 9.84 Å². The topological polar surface area (TPSA) is 143 Å². The zero-order valence-corrected chi connectivity index (χ0v) is 17.3. The van der Waals surface area contributed by atoms with E-state index in [2.05, 4.69) is 4.99 Å². The average Bonchev–Trinajstić information content (AvgIpc) is 2.99. The quantitative estimate of drug-likeness (QED) is 0.391. The number of non-ortho nitro benzene ring substituents is 1. The number of nitro benzene ring substituents is 1. The Morgan fingerprint density at radius 1 is 1.32 bits per heavy atom. The Morgan fingerprint density at radius 2 is 2.00 bits per heavy atom. The van der Waals surface area contributed by atoms with Crippen LogP contribution < -0.4 is 4.74 Å². The highest BCUT2D eigenvalue weighted by Crippen LogP contribution is 2.39. The number of phenols is 1. The van der Waals surface area contributed by atoms with Crippen LogP contribution in [-0.4, -0.2) is 50.7 Å². The number of likely N-dealkylation sites (N-methyl/N-ethyl adjacent to an activating group) is 1. The smallest absolute Gasteiger partial charge is 0.335 e. The summed E-state index contributed by atoms with van der Waals surface area (Å²) in [4.78, 5) is 40.0. The van der Waals surface area contributed by atoms with Crippen molar-refractivity contribution in [1.29, 1.82) is 0 Å². The van der Waals surface area contributed by atoms with Crippen LogP contribution in [0.25, 0.3) is 6.08 Å². The van der Waals surface area contributed by atoms with Crippen molar-refractivity contribution >= 4 is 46.3 Å². The summed E-state index contributed by atoms with van der Waals surface area (Å²) in [6.45, 7) is 1.87. The van der Waals surface area contributed by atoms with E-state index in [-0.39, 0.29) is 39.8 Å². The number of rotatable bonds is 6. The van der Waals surface area contributed by atoms with Crippen LogP contribution in [0, 0.1) is 10.1 Å². The Labute approximate surface area is 180 Å². The molecule has 1 amide bonds. The number of aliphatic imine (C=N–C) groups is 1. The normalized spacial score (nSPS) is 16.2. The van der Waals surface area contributed by atoms with Crippen molar-refractivity contribution < 1.29 is 29.5 Å². The summed E-state index contributed by atoms with van der Waals surface area (Å²) in [7, 11) is 1.51. The van der Waals surface area contributed by atoms with Gasteiger partial charge in [0.2, 0.25) is 0 Å². The SMILES string of the molecule is CCOc1cc([N+](=O)[O-])cc(/C=C2\SC(=Nc3ccc(C(=O)O)cc3)N(C)C2=O)c1O. The van der Waals surface area contributed by atoms with Gasteiger partial charge in [-0.3, -0.25) is 19.8 Å². The van der Waals surface area contributed by atoms with Gasteiger partial charge in [-0.15, -0.1) is 0 Å². The molecule has 3 rings (SSSR count). The summed E-state index contributed by atoms with van der Waals surface area (Å²) in [5.41, 5.74) is 0.336. The fourth-order valence-corrected chi connectivity index (χ4v) is 3.65. The number of phenolic OH excluding ortho intramolecular Hbond substituents is 1. The number of carbonyl (C=O) groups is 2. The number of aromatic hydroxyl groups is 1. The predicted molar refractivity (Wildman–Crippen MR) is 115 cm³/mol. The molecule has 2 N–H and O–H groups in total. The minimum atomic E-state index is -1.06. The Morgan fingerprint density at radius 3 is 2.58 bits per heavy atom. The van der Waals surface area contributed by atoms with Gasteiger partial charge in [0.25, 0.3) is 11.6 Å². The van der Waals surface area contributed by atoms with Gasteiger partial charge in [-0.1, -0.05) is 0 Å². The molecule has 1 saturated heterocycles. The minimum Gasteiger partial charge on any atom is -0.504 e.